The summed E-state index contributed by atoms with van der Waals surface area (Å²) in [5.74, 6) is 0. The highest BCUT2D eigenvalue weighted by Gasteiger charge is 1.82. The minimum absolute atomic E-state index is 0.167. The van der Waals surface area contributed by atoms with E-state index in [1.54, 1.807) is 6.07 Å². The van der Waals surface area contributed by atoms with Crippen molar-refractivity contribution in [3.63, 3.8) is 0 Å². The molecule has 0 spiro atoms. The van der Waals surface area contributed by atoms with Gasteiger partial charge in [0.05, 0.1) is 7.54 Å². The first-order chi connectivity index (χ1) is 4.34. The number of nitrogens with two attached hydrogens (primary N) is 1. The quantitative estimate of drug-likeness (QED) is 0.550. The first-order valence-corrected chi connectivity index (χ1v) is 2.32. The molecule has 1 heterocycles. The van der Waals surface area contributed by atoms with Crippen LogP contribution in [0.1, 0.15) is 6.93 Å². The summed E-state index contributed by atoms with van der Waals surface area (Å²) in [7, 11) is 0. The van der Waals surface area contributed by atoms with E-state index in [2.05, 4.69) is 10.2 Å². The molecule has 42 valence electrons. The summed E-state index contributed by atoms with van der Waals surface area (Å²) in [6.07, 6.45) is 1.69. The Morgan fingerprint density at radius 3 is 3.12 bits per heavy atom. The summed E-state index contributed by atoms with van der Waals surface area (Å²) >= 11 is 0. The lowest BCUT2D eigenvalue weighted by Gasteiger charge is -1.88. The van der Waals surface area contributed by atoms with Gasteiger partial charge in [0.1, 0.15) is 0 Å². The van der Waals surface area contributed by atoms with Crippen LogP contribution in [0.15, 0.2) is 18.4 Å². The van der Waals surface area contributed by atoms with Crippen molar-refractivity contribution in [2.24, 2.45) is 5.73 Å². The number of nitrogens with zero attached hydrogens (tertiary/aromatic N) is 2. The monoisotopic (exact) mass is 110 g/mol. The Bertz CT molecular complexity index is 201. The minimum atomic E-state index is 0.167. The topological polar surface area (TPSA) is 51.8 Å². The second-order valence-electron chi connectivity index (χ2n) is 1.37. The molecule has 1 rings (SSSR count). The predicted molar refractivity (Wildman–Crippen MR) is 29.9 cm³/mol. The average molecular weight is 110 g/mol. The standard InChI is InChI=1S/C5H7N3/c6-3-5-1-2-7-8-4-5/h1-2,4H,3,6H2/i4D. The van der Waals surface area contributed by atoms with Gasteiger partial charge in [-0.2, -0.15) is 10.2 Å². The maximum atomic E-state index is 7.12. The van der Waals surface area contributed by atoms with E-state index in [9.17, 15) is 0 Å². The van der Waals surface area contributed by atoms with Crippen molar-refractivity contribution in [1.29, 1.82) is 0 Å². The molecular weight excluding hydrogens is 102 g/mol. The molecule has 0 aromatic carbocycles. The molecule has 0 unspecified atom stereocenters. The molecule has 8 heavy (non-hydrogen) atoms. The second-order valence-corrected chi connectivity index (χ2v) is 1.37. The third-order valence-electron chi connectivity index (χ3n) is 0.814. The van der Waals surface area contributed by atoms with E-state index in [0.717, 1.165) is 5.56 Å². The van der Waals surface area contributed by atoms with Crippen molar-refractivity contribution in [2.45, 2.75) is 6.54 Å². The molecule has 1 aromatic heterocycles. The third kappa shape index (κ3) is 1.01. The fourth-order valence-electron chi connectivity index (χ4n) is 0.401. The fraction of sp³-hybridized carbons (Fsp3) is 0.200. The number of hydrogen-bond donors (Lipinski definition) is 1. The number of aromatic nitrogens is 2. The third-order valence-corrected chi connectivity index (χ3v) is 0.814. The van der Waals surface area contributed by atoms with Crippen molar-refractivity contribution in [1.82, 2.24) is 10.2 Å². The summed E-state index contributed by atoms with van der Waals surface area (Å²) in [6, 6.07) is 1.69. The van der Waals surface area contributed by atoms with E-state index in [4.69, 9.17) is 7.10 Å². The predicted octanol–water partition coefficient (Wildman–Crippen LogP) is -0.0647. The van der Waals surface area contributed by atoms with E-state index in [1.165, 1.54) is 6.20 Å². The second kappa shape index (κ2) is 2.37. The highest BCUT2D eigenvalue weighted by Crippen LogP contribution is 1.88. The molecule has 0 amide bonds. The highest BCUT2D eigenvalue weighted by molar-refractivity contribution is 5.03. The molecule has 2 N–H and O–H groups in total. The van der Waals surface area contributed by atoms with E-state index < -0.39 is 0 Å². The first kappa shape index (κ1) is 3.97. The summed E-state index contributed by atoms with van der Waals surface area (Å²) in [5, 5.41) is 6.99. The van der Waals surface area contributed by atoms with Crippen LogP contribution < -0.4 is 5.73 Å². The molecule has 0 aliphatic heterocycles. The van der Waals surface area contributed by atoms with Gasteiger partial charge in [-0.3, -0.25) is 0 Å². The first-order valence-electron chi connectivity index (χ1n) is 2.82. The Hall–Kier alpha value is -0.960. The molecule has 1 aromatic rings. The van der Waals surface area contributed by atoms with Gasteiger partial charge in [-0.15, -0.1) is 0 Å². The van der Waals surface area contributed by atoms with E-state index in [1.807, 2.05) is 0 Å². The van der Waals surface area contributed by atoms with Crippen LogP contribution in [-0.2, 0) is 6.54 Å². The van der Waals surface area contributed by atoms with Gasteiger partial charge < -0.3 is 5.73 Å². The van der Waals surface area contributed by atoms with Crippen molar-refractivity contribution in [3.05, 3.63) is 24.0 Å². The summed E-state index contributed by atoms with van der Waals surface area (Å²) in [4.78, 5) is 0. The van der Waals surface area contributed by atoms with Gasteiger partial charge in [-0.1, -0.05) is 0 Å². The van der Waals surface area contributed by atoms with Crippen LogP contribution in [0.2, 0.25) is 0 Å². The SMILES string of the molecule is [2H]c1nnccc1CN. The molecule has 0 saturated heterocycles. The zero-order valence-corrected chi connectivity index (χ0v) is 4.33. The van der Waals surface area contributed by atoms with Crippen molar-refractivity contribution < 1.29 is 1.37 Å². The zero-order chi connectivity index (χ0) is 6.69. The Labute approximate surface area is 48.9 Å². The molecular formula is C5H7N3. The van der Waals surface area contributed by atoms with Gasteiger partial charge in [0, 0.05) is 12.7 Å². The van der Waals surface area contributed by atoms with Crippen molar-refractivity contribution >= 4 is 0 Å². The average Bonchev–Trinajstić information content (AvgIpc) is 1.89. The molecule has 0 fully saturated rings. The van der Waals surface area contributed by atoms with Gasteiger partial charge in [-0.25, -0.2) is 0 Å². The Balaban J connectivity index is 3.01. The van der Waals surface area contributed by atoms with Crippen LogP contribution in [0.25, 0.3) is 0 Å². The van der Waals surface area contributed by atoms with Crippen LogP contribution in [0, 0.1) is 0 Å². The van der Waals surface area contributed by atoms with Gasteiger partial charge >= 0.3 is 0 Å². The van der Waals surface area contributed by atoms with Gasteiger partial charge in [0.25, 0.3) is 0 Å². The lowest BCUT2D eigenvalue weighted by molar-refractivity contribution is 0.966. The largest absolute Gasteiger partial charge is 0.326 e. The summed E-state index contributed by atoms with van der Waals surface area (Å²) in [6.45, 7) is 0.356. The highest BCUT2D eigenvalue weighted by atomic mass is 15.1. The van der Waals surface area contributed by atoms with Crippen LogP contribution in [0.3, 0.4) is 0 Å². The fourth-order valence-corrected chi connectivity index (χ4v) is 0.401. The maximum absolute atomic E-state index is 7.12. The number of hydrogen-bond acceptors (Lipinski definition) is 3. The van der Waals surface area contributed by atoms with Gasteiger partial charge in [0.15, 0.2) is 0 Å². The maximum Gasteiger partial charge on any atom is 0.0863 e. The Morgan fingerprint density at radius 2 is 2.62 bits per heavy atom. The summed E-state index contributed by atoms with van der Waals surface area (Å²) < 4.78 is 7.12. The molecule has 0 bridgehead atoms. The zero-order valence-electron chi connectivity index (χ0n) is 5.33. The van der Waals surface area contributed by atoms with E-state index >= 15 is 0 Å². The Kier molecular flexibility index (Phi) is 1.18. The molecule has 0 aliphatic rings. The van der Waals surface area contributed by atoms with Crippen molar-refractivity contribution in [2.75, 3.05) is 0 Å². The van der Waals surface area contributed by atoms with Gasteiger partial charge in [0.2, 0.25) is 0 Å². The normalized spacial score (nSPS) is 10.9. The van der Waals surface area contributed by atoms with E-state index in [-0.39, 0.29) is 6.17 Å². The Morgan fingerprint density at radius 1 is 1.75 bits per heavy atom. The van der Waals surface area contributed by atoms with E-state index in [0.29, 0.717) is 6.54 Å². The molecule has 0 atom stereocenters. The molecule has 3 heteroatoms. The number of rotatable bonds is 1. The van der Waals surface area contributed by atoms with Crippen LogP contribution >= 0.6 is 0 Å². The summed E-state index contributed by atoms with van der Waals surface area (Å²) in [5.41, 5.74) is 5.99. The van der Waals surface area contributed by atoms with Crippen LogP contribution in [0.5, 0.6) is 0 Å². The molecule has 0 radical (unpaired) electrons. The lowest BCUT2D eigenvalue weighted by Crippen LogP contribution is -1.96. The minimum Gasteiger partial charge on any atom is -0.326 e. The molecule has 0 aliphatic carbocycles. The van der Waals surface area contributed by atoms with Crippen LogP contribution in [-0.4, -0.2) is 10.2 Å². The van der Waals surface area contributed by atoms with Crippen LogP contribution in [0.4, 0.5) is 0 Å². The molecule has 0 saturated carbocycles. The van der Waals surface area contributed by atoms with Crippen molar-refractivity contribution in [3.8, 4) is 0 Å². The smallest absolute Gasteiger partial charge is 0.0863 e. The lowest BCUT2D eigenvalue weighted by atomic mass is 10.3. The molecule has 3 nitrogen and oxygen atoms in total. The van der Waals surface area contributed by atoms with Gasteiger partial charge in [-0.05, 0) is 11.6 Å².